The van der Waals surface area contributed by atoms with Gasteiger partial charge in [-0.1, -0.05) is 35.3 Å². The molecule has 0 aliphatic carbocycles. The highest BCUT2D eigenvalue weighted by Gasteiger charge is 2.23. The first-order valence-electron chi connectivity index (χ1n) is 9.87. The number of hydrogen-bond donors (Lipinski definition) is 1. The molecule has 0 radical (unpaired) electrons. The quantitative estimate of drug-likeness (QED) is 0.580. The number of amides is 1. The summed E-state index contributed by atoms with van der Waals surface area (Å²) in [6.07, 6.45) is 1.75. The SMILES string of the molecule is O=C(c1cccc(NS(=O)(=O)c2ccc(Cl)c(Cl)c2)c1)N1CCN(c2ccccn2)CC1. The molecule has 1 saturated heterocycles. The number of carbonyl (C=O) groups excluding carboxylic acids is 1. The van der Waals surface area contributed by atoms with Gasteiger partial charge in [-0.15, -0.1) is 0 Å². The first kappa shape index (κ1) is 22.4. The highest BCUT2D eigenvalue weighted by Crippen LogP contribution is 2.26. The van der Waals surface area contributed by atoms with Gasteiger partial charge in [0.2, 0.25) is 0 Å². The summed E-state index contributed by atoms with van der Waals surface area (Å²) in [6, 6.07) is 16.2. The number of anilines is 2. The fourth-order valence-corrected chi connectivity index (χ4v) is 4.87. The van der Waals surface area contributed by atoms with Crippen LogP contribution in [0.1, 0.15) is 10.4 Å². The van der Waals surface area contributed by atoms with Gasteiger partial charge in [-0.3, -0.25) is 9.52 Å². The van der Waals surface area contributed by atoms with Crippen LogP contribution in [0.25, 0.3) is 0 Å². The maximum Gasteiger partial charge on any atom is 0.261 e. The minimum atomic E-state index is -3.89. The van der Waals surface area contributed by atoms with Crippen LogP contribution in [0.15, 0.2) is 71.8 Å². The van der Waals surface area contributed by atoms with Crippen LogP contribution in [0.4, 0.5) is 11.5 Å². The number of benzene rings is 2. The largest absolute Gasteiger partial charge is 0.353 e. The van der Waals surface area contributed by atoms with E-state index in [9.17, 15) is 13.2 Å². The molecule has 166 valence electrons. The van der Waals surface area contributed by atoms with Crippen molar-refractivity contribution in [2.75, 3.05) is 35.8 Å². The summed E-state index contributed by atoms with van der Waals surface area (Å²) in [4.78, 5) is 21.2. The molecule has 0 unspecified atom stereocenters. The van der Waals surface area contributed by atoms with Crippen molar-refractivity contribution in [3.63, 3.8) is 0 Å². The van der Waals surface area contributed by atoms with Gasteiger partial charge < -0.3 is 9.80 Å². The fourth-order valence-electron chi connectivity index (χ4n) is 3.44. The summed E-state index contributed by atoms with van der Waals surface area (Å²) in [7, 11) is -3.89. The van der Waals surface area contributed by atoms with Crippen molar-refractivity contribution in [2.45, 2.75) is 4.90 Å². The Morgan fingerprint density at radius 3 is 2.38 bits per heavy atom. The monoisotopic (exact) mass is 490 g/mol. The Labute approximate surface area is 196 Å². The summed E-state index contributed by atoms with van der Waals surface area (Å²) in [5, 5.41) is 0.407. The summed E-state index contributed by atoms with van der Waals surface area (Å²) in [6.45, 7) is 2.45. The lowest BCUT2D eigenvalue weighted by Gasteiger charge is -2.35. The Bertz CT molecular complexity index is 1230. The number of hydrogen-bond acceptors (Lipinski definition) is 5. The molecule has 3 aromatic rings. The van der Waals surface area contributed by atoms with Crippen LogP contribution in [0.2, 0.25) is 10.0 Å². The molecule has 7 nitrogen and oxygen atoms in total. The predicted molar refractivity (Wildman–Crippen MR) is 126 cm³/mol. The molecule has 2 heterocycles. The highest BCUT2D eigenvalue weighted by atomic mass is 35.5. The Morgan fingerprint density at radius 1 is 0.906 bits per heavy atom. The van der Waals surface area contributed by atoms with Crippen LogP contribution in [0.5, 0.6) is 0 Å². The molecule has 10 heteroatoms. The van der Waals surface area contributed by atoms with E-state index in [2.05, 4.69) is 14.6 Å². The molecule has 0 atom stereocenters. The van der Waals surface area contributed by atoms with Gasteiger partial charge in [0.1, 0.15) is 5.82 Å². The minimum Gasteiger partial charge on any atom is -0.353 e. The van der Waals surface area contributed by atoms with Crippen LogP contribution >= 0.6 is 23.2 Å². The highest BCUT2D eigenvalue weighted by molar-refractivity contribution is 7.92. The summed E-state index contributed by atoms with van der Waals surface area (Å²) >= 11 is 11.8. The van der Waals surface area contributed by atoms with Gasteiger partial charge in [-0.2, -0.15) is 0 Å². The van der Waals surface area contributed by atoms with Crippen LogP contribution in [-0.4, -0.2) is 50.4 Å². The molecule has 1 aliphatic rings. The lowest BCUT2D eigenvalue weighted by molar-refractivity contribution is 0.0746. The first-order chi connectivity index (χ1) is 15.3. The maximum absolute atomic E-state index is 13.0. The van der Waals surface area contributed by atoms with Gasteiger partial charge in [0.15, 0.2) is 0 Å². The molecule has 1 amide bonds. The number of sulfonamides is 1. The number of rotatable bonds is 5. The number of aromatic nitrogens is 1. The lowest BCUT2D eigenvalue weighted by atomic mass is 10.1. The average Bonchev–Trinajstić information content (AvgIpc) is 2.81. The first-order valence-corrected chi connectivity index (χ1v) is 12.1. The number of piperazine rings is 1. The number of nitrogens with zero attached hydrogens (tertiary/aromatic N) is 3. The molecule has 32 heavy (non-hydrogen) atoms. The van der Waals surface area contributed by atoms with Crippen molar-refractivity contribution >= 4 is 50.6 Å². The fraction of sp³-hybridized carbons (Fsp3) is 0.182. The third-order valence-corrected chi connectivity index (χ3v) is 7.22. The third-order valence-electron chi connectivity index (χ3n) is 5.10. The zero-order valence-electron chi connectivity index (χ0n) is 16.9. The van der Waals surface area contributed by atoms with Gasteiger partial charge in [-0.25, -0.2) is 13.4 Å². The molecule has 4 rings (SSSR count). The molecule has 1 fully saturated rings. The Morgan fingerprint density at radius 2 is 1.69 bits per heavy atom. The molecule has 0 bridgehead atoms. The molecular formula is C22H20Cl2N4O3S. The zero-order valence-corrected chi connectivity index (χ0v) is 19.2. The van der Waals surface area contributed by atoms with Crippen molar-refractivity contribution in [3.8, 4) is 0 Å². The van der Waals surface area contributed by atoms with Crippen molar-refractivity contribution in [3.05, 3.63) is 82.5 Å². The van der Waals surface area contributed by atoms with Gasteiger partial charge in [0, 0.05) is 43.6 Å². The van der Waals surface area contributed by atoms with E-state index in [0.717, 1.165) is 5.82 Å². The summed E-state index contributed by atoms with van der Waals surface area (Å²) in [5.74, 6) is 0.736. The normalized spacial score (nSPS) is 14.3. The average molecular weight is 491 g/mol. The van der Waals surface area contributed by atoms with E-state index >= 15 is 0 Å². The number of nitrogens with one attached hydrogen (secondary N) is 1. The van der Waals surface area contributed by atoms with E-state index in [-0.39, 0.29) is 26.5 Å². The van der Waals surface area contributed by atoms with E-state index < -0.39 is 10.0 Å². The van der Waals surface area contributed by atoms with Gasteiger partial charge in [0.05, 0.1) is 14.9 Å². The summed E-state index contributed by atoms with van der Waals surface area (Å²) < 4.78 is 27.9. The molecule has 1 N–H and O–H groups in total. The van der Waals surface area contributed by atoms with Crippen molar-refractivity contribution in [2.24, 2.45) is 0 Å². The molecule has 0 saturated carbocycles. The second kappa shape index (κ2) is 9.36. The third kappa shape index (κ3) is 4.98. The smallest absolute Gasteiger partial charge is 0.261 e. The number of pyridine rings is 1. The predicted octanol–water partition coefficient (Wildman–Crippen LogP) is 4.15. The van der Waals surface area contributed by atoms with Gasteiger partial charge >= 0.3 is 0 Å². The number of carbonyl (C=O) groups is 1. The molecular weight excluding hydrogens is 471 g/mol. The van der Waals surface area contributed by atoms with Crippen molar-refractivity contribution < 1.29 is 13.2 Å². The van der Waals surface area contributed by atoms with Crippen LogP contribution in [0.3, 0.4) is 0 Å². The van der Waals surface area contributed by atoms with Crippen molar-refractivity contribution in [1.82, 2.24) is 9.88 Å². The molecule has 0 spiro atoms. The van der Waals surface area contributed by atoms with Crippen molar-refractivity contribution in [1.29, 1.82) is 0 Å². The van der Waals surface area contributed by atoms with Crippen LogP contribution in [-0.2, 0) is 10.0 Å². The Hall–Kier alpha value is -2.81. The molecule has 1 aromatic heterocycles. The minimum absolute atomic E-state index is 0.0192. The van der Waals surface area contributed by atoms with E-state index in [4.69, 9.17) is 23.2 Å². The second-order valence-corrected chi connectivity index (χ2v) is 9.73. The van der Waals surface area contributed by atoms with Gasteiger partial charge in [0.25, 0.3) is 15.9 Å². The van der Waals surface area contributed by atoms with E-state index in [0.29, 0.717) is 31.7 Å². The molecule has 1 aliphatic heterocycles. The topological polar surface area (TPSA) is 82.6 Å². The zero-order chi connectivity index (χ0) is 22.7. The van der Waals surface area contributed by atoms with Crippen LogP contribution in [0, 0.1) is 0 Å². The second-order valence-electron chi connectivity index (χ2n) is 7.23. The van der Waals surface area contributed by atoms with Crippen LogP contribution < -0.4 is 9.62 Å². The summed E-state index contributed by atoms with van der Waals surface area (Å²) in [5.41, 5.74) is 0.694. The Kier molecular flexibility index (Phi) is 6.55. The molecule has 2 aromatic carbocycles. The maximum atomic E-state index is 13.0. The van der Waals surface area contributed by atoms with E-state index in [1.165, 1.54) is 24.3 Å². The van der Waals surface area contributed by atoms with E-state index in [1.807, 2.05) is 18.2 Å². The Balaban J connectivity index is 1.44. The van der Waals surface area contributed by atoms with E-state index in [1.54, 1.807) is 29.3 Å². The van der Waals surface area contributed by atoms with Gasteiger partial charge in [-0.05, 0) is 48.5 Å². The number of halogens is 2. The lowest BCUT2D eigenvalue weighted by Crippen LogP contribution is -2.49. The standard InChI is InChI=1S/C22H20Cl2N4O3S/c23-19-8-7-18(15-20(19)24)32(30,31)26-17-5-3-4-16(14-17)22(29)28-12-10-27(11-13-28)21-6-1-2-9-25-21/h1-9,14-15,26H,10-13H2.